The van der Waals surface area contributed by atoms with Crippen LogP contribution in [0.25, 0.3) is 0 Å². The number of phenolic OH excluding ortho intramolecular Hbond substituents is 1. The van der Waals surface area contributed by atoms with Gasteiger partial charge in [-0.15, -0.1) is 0 Å². The van der Waals surface area contributed by atoms with Gasteiger partial charge in [-0.1, -0.05) is 23.3 Å². The smallest absolute Gasteiger partial charge is 0.328 e. The van der Waals surface area contributed by atoms with Crippen molar-refractivity contribution in [2.24, 2.45) is 0 Å². The van der Waals surface area contributed by atoms with Crippen LogP contribution in [0.1, 0.15) is 74.9 Å². The molecule has 1 aromatic rings. The maximum Gasteiger partial charge on any atom is 0.328 e. The Labute approximate surface area is 200 Å². The molecule has 4 N–H and O–H groups in total. The van der Waals surface area contributed by atoms with E-state index in [1.54, 1.807) is 0 Å². The molecule has 2 heterocycles. The number of carbonyl (C=O) groups is 2. The summed E-state index contributed by atoms with van der Waals surface area (Å²) in [5.74, 6) is -1.74. The van der Waals surface area contributed by atoms with Gasteiger partial charge in [-0.2, -0.15) is 0 Å². The highest BCUT2D eigenvalue weighted by atomic mass is 16.5. The number of aliphatic hydroxyl groups is 2. The van der Waals surface area contributed by atoms with Gasteiger partial charge in [0, 0.05) is 17.5 Å². The number of hydrogen-bond donors (Lipinski definition) is 4. The van der Waals surface area contributed by atoms with Crippen LogP contribution in [0.3, 0.4) is 0 Å². The molecule has 8 nitrogen and oxygen atoms in total. The van der Waals surface area contributed by atoms with Gasteiger partial charge < -0.3 is 30.1 Å². The molecular formula is C26H35NO7. The lowest BCUT2D eigenvalue weighted by molar-refractivity contribution is -0.143. The molecule has 0 bridgehead atoms. The number of aliphatic hydroxyl groups excluding tert-OH is 2. The molecule has 0 aromatic heterocycles. The Morgan fingerprint density at radius 3 is 2.59 bits per heavy atom. The Morgan fingerprint density at radius 2 is 1.97 bits per heavy atom. The fraction of sp³-hybridized carbons (Fsp3) is 0.538. The first-order valence-corrected chi connectivity index (χ1v) is 11.7. The molecule has 1 amide bonds. The summed E-state index contributed by atoms with van der Waals surface area (Å²) >= 11 is 0. The quantitative estimate of drug-likeness (QED) is 0.405. The molecule has 0 spiro atoms. The Kier molecular flexibility index (Phi) is 7.73. The first kappa shape index (κ1) is 25.8. The van der Waals surface area contributed by atoms with E-state index in [0.717, 1.165) is 17.7 Å². The molecule has 0 radical (unpaired) electrons. The van der Waals surface area contributed by atoms with Crippen molar-refractivity contribution in [1.29, 1.82) is 0 Å². The van der Waals surface area contributed by atoms with Crippen molar-refractivity contribution in [3.05, 3.63) is 46.1 Å². The van der Waals surface area contributed by atoms with Crippen LogP contribution in [0.15, 0.2) is 29.4 Å². The third-order valence-corrected chi connectivity index (χ3v) is 6.78. The monoisotopic (exact) mass is 473 g/mol. The number of nitrogens with zero attached hydrogens (tertiary/aromatic N) is 1. The molecule has 0 saturated heterocycles. The number of ether oxygens (including phenoxy) is 1. The summed E-state index contributed by atoms with van der Waals surface area (Å²) in [5.41, 5.74) is 2.65. The van der Waals surface area contributed by atoms with Crippen LogP contribution in [0.5, 0.6) is 11.5 Å². The Balaban J connectivity index is 1.82. The van der Waals surface area contributed by atoms with E-state index < -0.39 is 36.2 Å². The summed E-state index contributed by atoms with van der Waals surface area (Å²) in [4.78, 5) is 25.4. The molecule has 0 fully saturated rings. The number of phenols is 1. The van der Waals surface area contributed by atoms with Gasteiger partial charge in [0.2, 0.25) is 0 Å². The standard InChI is InChI=1S/C26H35NO7/c1-15(2)7-5-8-16(3)9-6-10-26(4)22(30)12-18-21(29)11-17-19(23(18)34-26)13-27(24(17)31)20(14-28)25(32)33/h7,9,11,20,22,28-30H,5-6,8,10,12-14H2,1-4H3,(H,32,33). The molecule has 2 aliphatic heterocycles. The van der Waals surface area contributed by atoms with Gasteiger partial charge in [0.1, 0.15) is 17.1 Å². The summed E-state index contributed by atoms with van der Waals surface area (Å²) < 4.78 is 6.28. The predicted octanol–water partition coefficient (Wildman–Crippen LogP) is 3.32. The number of aliphatic carboxylic acids is 1. The number of benzene rings is 1. The van der Waals surface area contributed by atoms with E-state index in [4.69, 9.17) is 4.74 Å². The van der Waals surface area contributed by atoms with Crippen LogP contribution < -0.4 is 4.74 Å². The number of carboxylic acid groups (broad SMARTS) is 1. The van der Waals surface area contributed by atoms with Crippen molar-refractivity contribution in [2.75, 3.05) is 6.61 Å². The minimum absolute atomic E-state index is 0.0517. The first-order chi connectivity index (χ1) is 16.0. The van der Waals surface area contributed by atoms with Crippen molar-refractivity contribution in [3.63, 3.8) is 0 Å². The SMILES string of the molecule is CC(C)=CCCC(C)=CCCC1(C)Oc2c(c(O)cc3c2CN(C(CO)C(=O)O)C3=O)CC1O. The van der Waals surface area contributed by atoms with Crippen molar-refractivity contribution in [3.8, 4) is 11.5 Å². The molecule has 186 valence electrons. The van der Waals surface area contributed by atoms with Gasteiger partial charge in [0.25, 0.3) is 5.91 Å². The average Bonchev–Trinajstić information content (AvgIpc) is 3.06. The molecule has 3 atom stereocenters. The summed E-state index contributed by atoms with van der Waals surface area (Å²) in [6, 6.07) is -0.0953. The van der Waals surface area contributed by atoms with Crippen LogP contribution in [0.2, 0.25) is 0 Å². The number of aromatic hydroxyl groups is 1. The van der Waals surface area contributed by atoms with Crippen molar-refractivity contribution in [1.82, 2.24) is 4.90 Å². The predicted molar refractivity (Wildman–Crippen MR) is 127 cm³/mol. The Hall–Kier alpha value is -2.84. The zero-order chi connectivity index (χ0) is 25.2. The molecule has 0 saturated carbocycles. The third kappa shape index (κ3) is 5.13. The third-order valence-electron chi connectivity index (χ3n) is 6.78. The van der Waals surface area contributed by atoms with E-state index in [0.29, 0.717) is 29.7 Å². The number of carboxylic acids is 1. The van der Waals surface area contributed by atoms with Gasteiger partial charge >= 0.3 is 5.97 Å². The fourth-order valence-electron chi connectivity index (χ4n) is 4.58. The van der Waals surface area contributed by atoms with Gasteiger partial charge in [-0.05, 0) is 59.4 Å². The number of allylic oxidation sites excluding steroid dienone is 4. The maximum absolute atomic E-state index is 12.9. The summed E-state index contributed by atoms with van der Waals surface area (Å²) in [5, 5.41) is 40.3. The Bertz CT molecular complexity index is 1020. The highest BCUT2D eigenvalue weighted by Gasteiger charge is 2.45. The van der Waals surface area contributed by atoms with E-state index in [2.05, 4.69) is 32.9 Å². The maximum atomic E-state index is 12.9. The largest absolute Gasteiger partial charge is 0.508 e. The van der Waals surface area contributed by atoms with E-state index in [1.807, 2.05) is 6.92 Å². The van der Waals surface area contributed by atoms with Crippen LogP contribution in [0.4, 0.5) is 0 Å². The molecule has 3 unspecified atom stereocenters. The van der Waals surface area contributed by atoms with E-state index in [-0.39, 0.29) is 24.3 Å². The number of fused-ring (bicyclic) bond motifs is 3. The number of rotatable bonds is 9. The average molecular weight is 474 g/mol. The second kappa shape index (κ2) is 10.2. The number of carbonyl (C=O) groups excluding carboxylic acids is 1. The van der Waals surface area contributed by atoms with Crippen LogP contribution >= 0.6 is 0 Å². The van der Waals surface area contributed by atoms with Crippen LogP contribution in [0, 0.1) is 0 Å². The lowest BCUT2D eigenvalue weighted by Crippen LogP contribution is -2.49. The molecule has 8 heteroatoms. The molecule has 2 aliphatic rings. The lowest BCUT2D eigenvalue weighted by atomic mass is 9.84. The zero-order valence-corrected chi connectivity index (χ0v) is 20.3. The highest BCUT2D eigenvalue weighted by Crippen LogP contribution is 2.46. The summed E-state index contributed by atoms with van der Waals surface area (Å²) in [6.07, 6.45) is 6.81. The fourth-order valence-corrected chi connectivity index (χ4v) is 4.58. The van der Waals surface area contributed by atoms with E-state index in [1.165, 1.54) is 17.2 Å². The number of amides is 1. The normalized spacial score (nSPS) is 22.6. The van der Waals surface area contributed by atoms with E-state index >= 15 is 0 Å². The van der Waals surface area contributed by atoms with E-state index in [9.17, 15) is 30.0 Å². The first-order valence-electron chi connectivity index (χ1n) is 11.7. The minimum Gasteiger partial charge on any atom is -0.508 e. The molecule has 0 aliphatic carbocycles. The summed E-state index contributed by atoms with van der Waals surface area (Å²) in [7, 11) is 0. The van der Waals surface area contributed by atoms with Crippen molar-refractivity contribution < 1.29 is 34.8 Å². The minimum atomic E-state index is -1.39. The molecule has 1 aromatic carbocycles. The summed E-state index contributed by atoms with van der Waals surface area (Å²) in [6.45, 7) is 7.27. The number of hydrogen-bond acceptors (Lipinski definition) is 6. The second-order valence-corrected chi connectivity index (χ2v) is 9.74. The van der Waals surface area contributed by atoms with Crippen LogP contribution in [-0.2, 0) is 17.8 Å². The van der Waals surface area contributed by atoms with Crippen molar-refractivity contribution >= 4 is 11.9 Å². The molecule has 34 heavy (non-hydrogen) atoms. The topological polar surface area (TPSA) is 128 Å². The second-order valence-electron chi connectivity index (χ2n) is 9.74. The van der Waals surface area contributed by atoms with Crippen LogP contribution in [-0.4, -0.2) is 61.6 Å². The van der Waals surface area contributed by atoms with Gasteiger partial charge in [-0.3, -0.25) is 4.79 Å². The van der Waals surface area contributed by atoms with Gasteiger partial charge in [-0.25, -0.2) is 4.79 Å². The highest BCUT2D eigenvalue weighted by molar-refractivity contribution is 6.02. The zero-order valence-electron chi connectivity index (χ0n) is 20.3. The van der Waals surface area contributed by atoms with Crippen molar-refractivity contribution in [2.45, 2.75) is 84.1 Å². The Morgan fingerprint density at radius 1 is 1.26 bits per heavy atom. The lowest BCUT2D eigenvalue weighted by Gasteiger charge is -2.41. The molecular weight excluding hydrogens is 438 g/mol. The van der Waals surface area contributed by atoms with Gasteiger partial charge in [0.15, 0.2) is 6.04 Å². The van der Waals surface area contributed by atoms with Gasteiger partial charge in [0.05, 0.1) is 24.8 Å². The molecule has 3 rings (SSSR count).